The Bertz CT molecular complexity index is 797. The molecule has 0 radical (unpaired) electrons. The summed E-state index contributed by atoms with van der Waals surface area (Å²) in [6.07, 6.45) is 1.29. The Kier molecular flexibility index (Phi) is 8.39. The maximum atomic E-state index is 10.3. The smallest absolute Gasteiger partial charge is 0.191 e. The van der Waals surface area contributed by atoms with E-state index >= 15 is 0 Å². The van der Waals surface area contributed by atoms with Gasteiger partial charge in [-0.15, -0.1) is 0 Å². The topological polar surface area (TPSA) is 69.1 Å². The van der Waals surface area contributed by atoms with Gasteiger partial charge in [-0.3, -0.25) is 4.99 Å². The standard InChI is InChI=1S/C24H34N4O2/c1-3-25-24(26-15-13-22(29)20-9-5-4-6-10-20)27-17-19-14-16-28(18-19)21-11-7-8-12-23(21)30-2/h4-12,19,22,29H,3,13-18H2,1-2H3,(H2,25,26,27). The zero-order chi connectivity index (χ0) is 21.2. The van der Waals surface area contributed by atoms with Crippen LogP contribution in [0.25, 0.3) is 0 Å². The largest absolute Gasteiger partial charge is 0.495 e. The molecular formula is C24H34N4O2. The molecule has 1 heterocycles. The molecule has 0 aliphatic carbocycles. The Morgan fingerprint density at radius 1 is 1.17 bits per heavy atom. The molecule has 2 aromatic rings. The lowest BCUT2D eigenvalue weighted by molar-refractivity contribution is 0.168. The van der Waals surface area contributed by atoms with E-state index in [0.717, 1.165) is 55.6 Å². The second kappa shape index (κ2) is 11.5. The molecule has 1 aliphatic heterocycles. The van der Waals surface area contributed by atoms with Crippen LogP contribution < -0.4 is 20.3 Å². The van der Waals surface area contributed by atoms with Gasteiger partial charge in [0.1, 0.15) is 5.75 Å². The fourth-order valence-corrected chi connectivity index (χ4v) is 3.82. The molecule has 30 heavy (non-hydrogen) atoms. The lowest BCUT2D eigenvalue weighted by Crippen LogP contribution is -2.38. The lowest BCUT2D eigenvalue weighted by atomic mass is 10.1. The SMILES string of the molecule is CCNC(=NCC1CCN(c2ccccc2OC)C1)NCCC(O)c1ccccc1. The number of aliphatic hydroxyl groups is 1. The van der Waals surface area contributed by atoms with Crippen molar-refractivity contribution in [1.82, 2.24) is 10.6 Å². The summed E-state index contributed by atoms with van der Waals surface area (Å²) in [5.41, 5.74) is 2.11. The van der Waals surface area contributed by atoms with E-state index in [0.29, 0.717) is 18.9 Å². The number of methoxy groups -OCH3 is 1. The van der Waals surface area contributed by atoms with Gasteiger partial charge in [-0.25, -0.2) is 0 Å². The summed E-state index contributed by atoms with van der Waals surface area (Å²) in [7, 11) is 1.72. The maximum absolute atomic E-state index is 10.3. The first-order chi connectivity index (χ1) is 14.7. The van der Waals surface area contributed by atoms with E-state index in [1.807, 2.05) is 42.5 Å². The average molecular weight is 411 g/mol. The maximum Gasteiger partial charge on any atom is 0.191 e. The minimum Gasteiger partial charge on any atom is -0.495 e. The van der Waals surface area contributed by atoms with Gasteiger partial charge in [0, 0.05) is 32.7 Å². The first-order valence-electron chi connectivity index (χ1n) is 10.8. The number of nitrogens with one attached hydrogen (secondary N) is 2. The number of ether oxygens (including phenoxy) is 1. The summed E-state index contributed by atoms with van der Waals surface area (Å²) in [6.45, 7) is 6.33. The number of hydrogen-bond donors (Lipinski definition) is 3. The normalized spacial score (nSPS) is 17.6. The number of aliphatic hydroxyl groups excluding tert-OH is 1. The van der Waals surface area contributed by atoms with Crippen molar-refractivity contribution in [2.24, 2.45) is 10.9 Å². The predicted octanol–water partition coefficient (Wildman–Crippen LogP) is 3.20. The van der Waals surface area contributed by atoms with Crippen LogP contribution in [0.1, 0.15) is 31.4 Å². The quantitative estimate of drug-likeness (QED) is 0.438. The Morgan fingerprint density at radius 2 is 1.93 bits per heavy atom. The highest BCUT2D eigenvalue weighted by molar-refractivity contribution is 5.79. The van der Waals surface area contributed by atoms with E-state index in [9.17, 15) is 5.11 Å². The van der Waals surface area contributed by atoms with E-state index < -0.39 is 6.10 Å². The monoisotopic (exact) mass is 410 g/mol. The Hall–Kier alpha value is -2.73. The van der Waals surface area contributed by atoms with Crippen LogP contribution in [-0.2, 0) is 0 Å². The Morgan fingerprint density at radius 3 is 2.70 bits per heavy atom. The van der Waals surface area contributed by atoms with E-state index in [1.165, 1.54) is 0 Å². The van der Waals surface area contributed by atoms with Crippen molar-refractivity contribution >= 4 is 11.6 Å². The molecule has 162 valence electrons. The van der Waals surface area contributed by atoms with Gasteiger partial charge in [-0.2, -0.15) is 0 Å². The molecule has 2 unspecified atom stereocenters. The van der Waals surface area contributed by atoms with E-state index in [-0.39, 0.29) is 0 Å². The molecule has 1 fully saturated rings. The van der Waals surface area contributed by atoms with Gasteiger partial charge in [-0.1, -0.05) is 42.5 Å². The zero-order valence-corrected chi connectivity index (χ0v) is 18.1. The number of hydrogen-bond acceptors (Lipinski definition) is 4. The molecule has 2 aromatic carbocycles. The predicted molar refractivity (Wildman–Crippen MR) is 123 cm³/mol. The summed E-state index contributed by atoms with van der Waals surface area (Å²) in [4.78, 5) is 7.18. The zero-order valence-electron chi connectivity index (χ0n) is 18.1. The van der Waals surface area contributed by atoms with Crippen LogP contribution >= 0.6 is 0 Å². The molecule has 2 atom stereocenters. The van der Waals surface area contributed by atoms with Crippen LogP contribution in [0.4, 0.5) is 5.69 Å². The molecule has 6 nitrogen and oxygen atoms in total. The van der Waals surface area contributed by atoms with E-state index in [2.05, 4.69) is 34.6 Å². The van der Waals surface area contributed by atoms with Crippen molar-refractivity contribution in [3.05, 3.63) is 60.2 Å². The minimum absolute atomic E-state index is 0.467. The molecule has 1 saturated heterocycles. The van der Waals surface area contributed by atoms with Crippen molar-refractivity contribution in [2.45, 2.75) is 25.9 Å². The molecule has 0 saturated carbocycles. The summed E-state index contributed by atoms with van der Waals surface area (Å²) in [5, 5.41) is 17.0. The highest BCUT2D eigenvalue weighted by Crippen LogP contribution is 2.31. The van der Waals surface area contributed by atoms with Crippen LogP contribution in [0, 0.1) is 5.92 Å². The molecule has 3 N–H and O–H groups in total. The van der Waals surface area contributed by atoms with Crippen molar-refractivity contribution < 1.29 is 9.84 Å². The van der Waals surface area contributed by atoms with Gasteiger partial charge in [-0.05, 0) is 43.4 Å². The molecule has 3 rings (SSSR count). The Labute approximate surface area is 180 Å². The molecule has 1 aliphatic rings. The number of anilines is 1. The van der Waals surface area contributed by atoms with Gasteiger partial charge in [0.25, 0.3) is 0 Å². The number of nitrogens with zero attached hydrogens (tertiary/aromatic N) is 2. The number of rotatable bonds is 9. The third-order valence-electron chi connectivity index (χ3n) is 5.46. The van der Waals surface area contributed by atoms with Crippen molar-refractivity contribution in [3.8, 4) is 5.75 Å². The highest BCUT2D eigenvalue weighted by Gasteiger charge is 2.24. The van der Waals surface area contributed by atoms with Crippen LogP contribution in [0.15, 0.2) is 59.6 Å². The summed E-state index contributed by atoms with van der Waals surface area (Å²) >= 11 is 0. The number of aliphatic imine (C=N–C) groups is 1. The second-order valence-corrected chi connectivity index (χ2v) is 7.63. The average Bonchev–Trinajstić information content (AvgIpc) is 3.26. The van der Waals surface area contributed by atoms with E-state index in [1.54, 1.807) is 7.11 Å². The fourth-order valence-electron chi connectivity index (χ4n) is 3.82. The van der Waals surface area contributed by atoms with Gasteiger partial charge in [0.15, 0.2) is 5.96 Å². The molecule has 0 bridgehead atoms. The molecular weight excluding hydrogens is 376 g/mol. The summed E-state index contributed by atoms with van der Waals surface area (Å²) < 4.78 is 5.51. The molecule has 0 aromatic heterocycles. The molecule has 6 heteroatoms. The number of guanidine groups is 1. The third kappa shape index (κ3) is 6.13. The summed E-state index contributed by atoms with van der Waals surface area (Å²) in [6, 6.07) is 18.0. The fraction of sp³-hybridized carbons (Fsp3) is 0.458. The highest BCUT2D eigenvalue weighted by atomic mass is 16.5. The Balaban J connectivity index is 1.48. The van der Waals surface area contributed by atoms with Crippen LogP contribution in [0.3, 0.4) is 0 Å². The third-order valence-corrected chi connectivity index (χ3v) is 5.46. The van der Waals surface area contributed by atoms with Crippen molar-refractivity contribution in [2.75, 3.05) is 44.7 Å². The number of para-hydroxylation sites is 2. The lowest BCUT2D eigenvalue weighted by Gasteiger charge is -2.21. The van der Waals surface area contributed by atoms with Gasteiger partial charge in [0.05, 0.1) is 18.9 Å². The van der Waals surface area contributed by atoms with E-state index in [4.69, 9.17) is 9.73 Å². The van der Waals surface area contributed by atoms with Crippen molar-refractivity contribution in [1.29, 1.82) is 0 Å². The first-order valence-corrected chi connectivity index (χ1v) is 10.8. The van der Waals surface area contributed by atoms with Gasteiger partial charge in [0.2, 0.25) is 0 Å². The number of benzene rings is 2. The minimum atomic E-state index is -0.467. The van der Waals surface area contributed by atoms with Gasteiger partial charge >= 0.3 is 0 Å². The molecule has 0 amide bonds. The van der Waals surface area contributed by atoms with Crippen LogP contribution in [0.5, 0.6) is 5.75 Å². The first kappa shape index (κ1) is 22.0. The van der Waals surface area contributed by atoms with Crippen LogP contribution in [0.2, 0.25) is 0 Å². The summed E-state index contributed by atoms with van der Waals surface area (Å²) in [5.74, 6) is 2.25. The second-order valence-electron chi connectivity index (χ2n) is 7.63. The van der Waals surface area contributed by atoms with Crippen molar-refractivity contribution in [3.63, 3.8) is 0 Å². The van der Waals surface area contributed by atoms with Crippen LogP contribution in [-0.4, -0.2) is 50.9 Å². The molecule has 0 spiro atoms. The van der Waals surface area contributed by atoms with Gasteiger partial charge < -0.3 is 25.4 Å².